The van der Waals surface area contributed by atoms with Gasteiger partial charge in [-0.05, 0) is 53.8 Å². The summed E-state index contributed by atoms with van der Waals surface area (Å²) in [6.45, 7) is 6.08. The van der Waals surface area contributed by atoms with E-state index in [0.29, 0.717) is 16.6 Å². The van der Waals surface area contributed by atoms with E-state index >= 15 is 0 Å². The van der Waals surface area contributed by atoms with Crippen LogP contribution in [-0.4, -0.2) is 28.7 Å². The van der Waals surface area contributed by atoms with Crippen LogP contribution in [0.5, 0.6) is 0 Å². The summed E-state index contributed by atoms with van der Waals surface area (Å²) in [5.41, 5.74) is 3.35. The third-order valence-electron chi connectivity index (χ3n) is 6.53. The number of anilines is 1. The molecule has 1 heterocycles. The van der Waals surface area contributed by atoms with Crippen molar-refractivity contribution in [2.24, 2.45) is 0 Å². The Hall–Kier alpha value is -3.44. The number of imide groups is 1. The lowest BCUT2D eigenvalue weighted by molar-refractivity contribution is -0.140. The van der Waals surface area contributed by atoms with Crippen molar-refractivity contribution in [3.8, 4) is 0 Å². The molecule has 0 aromatic heterocycles. The SMILES string of the molecule is CC(C)c1ccc(N2C(=O)CC(N(C(=O)Cc3ccc(Cl)cc3)C(C)c3ccccc3)C2=O)cc1. The summed E-state index contributed by atoms with van der Waals surface area (Å²) in [5, 5.41) is 0.589. The van der Waals surface area contributed by atoms with Crippen molar-refractivity contribution >= 4 is 35.0 Å². The molecular formula is C29H29ClN2O3. The Morgan fingerprint density at radius 2 is 1.54 bits per heavy atom. The van der Waals surface area contributed by atoms with E-state index in [1.807, 2.05) is 49.4 Å². The topological polar surface area (TPSA) is 57.7 Å². The first-order valence-corrected chi connectivity index (χ1v) is 12.2. The third-order valence-corrected chi connectivity index (χ3v) is 6.78. The van der Waals surface area contributed by atoms with E-state index in [2.05, 4.69) is 13.8 Å². The number of amides is 3. The summed E-state index contributed by atoms with van der Waals surface area (Å²) < 4.78 is 0. The van der Waals surface area contributed by atoms with Crippen molar-refractivity contribution < 1.29 is 14.4 Å². The highest BCUT2D eigenvalue weighted by molar-refractivity contribution is 6.30. The standard InChI is InChI=1S/C29H29ClN2O3/c1-19(2)22-11-15-25(16-12-22)32-28(34)18-26(29(32)35)31(20(3)23-7-5-4-6-8-23)27(33)17-21-9-13-24(30)14-10-21/h4-16,19-20,26H,17-18H2,1-3H3. The molecule has 180 valence electrons. The van der Waals surface area contributed by atoms with Crippen molar-refractivity contribution in [2.75, 3.05) is 4.90 Å². The Morgan fingerprint density at radius 1 is 0.914 bits per heavy atom. The number of carbonyl (C=O) groups is 3. The van der Waals surface area contributed by atoms with Crippen LogP contribution in [0, 0.1) is 0 Å². The van der Waals surface area contributed by atoms with Crippen LogP contribution in [0.2, 0.25) is 5.02 Å². The van der Waals surface area contributed by atoms with Gasteiger partial charge in [0.15, 0.2) is 0 Å². The molecule has 1 aliphatic heterocycles. The maximum absolute atomic E-state index is 13.6. The lowest BCUT2D eigenvalue weighted by Crippen LogP contribution is -2.47. The number of halogens is 1. The summed E-state index contributed by atoms with van der Waals surface area (Å²) in [4.78, 5) is 43.1. The minimum absolute atomic E-state index is 0.0473. The van der Waals surface area contributed by atoms with Crippen LogP contribution >= 0.6 is 11.6 Å². The first kappa shape index (κ1) is 24.7. The number of benzene rings is 3. The van der Waals surface area contributed by atoms with E-state index in [1.165, 1.54) is 4.90 Å². The van der Waals surface area contributed by atoms with Gasteiger partial charge >= 0.3 is 0 Å². The Bertz CT molecular complexity index is 1210. The molecule has 0 spiro atoms. The molecule has 1 aliphatic rings. The van der Waals surface area contributed by atoms with Crippen molar-refractivity contribution in [3.63, 3.8) is 0 Å². The van der Waals surface area contributed by atoms with Gasteiger partial charge in [-0.3, -0.25) is 14.4 Å². The summed E-state index contributed by atoms with van der Waals surface area (Å²) in [6, 6.07) is 22.8. The smallest absolute Gasteiger partial charge is 0.257 e. The van der Waals surface area contributed by atoms with Gasteiger partial charge in [0.05, 0.1) is 24.6 Å². The van der Waals surface area contributed by atoms with Crippen molar-refractivity contribution in [3.05, 3.63) is 101 Å². The van der Waals surface area contributed by atoms with Crippen molar-refractivity contribution in [1.29, 1.82) is 0 Å². The fraction of sp³-hybridized carbons (Fsp3) is 0.276. The summed E-state index contributed by atoms with van der Waals surface area (Å²) in [6.07, 6.45) is 0.0592. The van der Waals surface area contributed by atoms with Gasteiger partial charge in [0.2, 0.25) is 11.8 Å². The molecule has 6 heteroatoms. The molecule has 0 radical (unpaired) electrons. The minimum atomic E-state index is -0.873. The average molecular weight is 489 g/mol. The molecule has 3 amide bonds. The minimum Gasteiger partial charge on any atom is -0.323 e. The van der Waals surface area contributed by atoms with Gasteiger partial charge in [0.25, 0.3) is 5.91 Å². The molecule has 2 atom stereocenters. The van der Waals surface area contributed by atoms with Gasteiger partial charge in [0, 0.05) is 5.02 Å². The summed E-state index contributed by atoms with van der Waals surface area (Å²) >= 11 is 6.00. The Balaban J connectivity index is 1.65. The van der Waals surface area contributed by atoms with Gasteiger partial charge in [-0.2, -0.15) is 0 Å². The maximum atomic E-state index is 13.6. The van der Waals surface area contributed by atoms with E-state index in [1.54, 1.807) is 41.3 Å². The predicted molar refractivity (Wildman–Crippen MR) is 138 cm³/mol. The molecule has 0 N–H and O–H groups in total. The second kappa shape index (κ2) is 10.4. The zero-order chi connectivity index (χ0) is 25.1. The number of rotatable bonds is 7. The molecule has 35 heavy (non-hydrogen) atoms. The second-order valence-electron chi connectivity index (χ2n) is 9.22. The van der Waals surface area contributed by atoms with E-state index in [0.717, 1.165) is 16.7 Å². The molecule has 0 bridgehead atoms. The zero-order valence-electron chi connectivity index (χ0n) is 20.1. The first-order valence-electron chi connectivity index (χ1n) is 11.8. The number of hydrogen-bond donors (Lipinski definition) is 0. The quantitative estimate of drug-likeness (QED) is 0.387. The molecule has 4 rings (SSSR count). The zero-order valence-corrected chi connectivity index (χ0v) is 20.9. The number of nitrogens with zero attached hydrogens (tertiary/aromatic N) is 2. The second-order valence-corrected chi connectivity index (χ2v) is 9.66. The monoisotopic (exact) mass is 488 g/mol. The first-order chi connectivity index (χ1) is 16.8. The third kappa shape index (κ3) is 5.30. The summed E-state index contributed by atoms with van der Waals surface area (Å²) in [5.74, 6) is -0.553. The average Bonchev–Trinajstić information content (AvgIpc) is 3.14. The Kier molecular flexibility index (Phi) is 7.37. The number of carbonyl (C=O) groups excluding carboxylic acids is 3. The van der Waals surface area contributed by atoms with E-state index in [4.69, 9.17) is 11.6 Å². The molecule has 3 aromatic carbocycles. The van der Waals surface area contributed by atoms with Crippen molar-refractivity contribution in [2.45, 2.75) is 51.6 Å². The predicted octanol–water partition coefficient (Wildman–Crippen LogP) is 5.93. The van der Waals surface area contributed by atoms with Crippen LogP contribution in [0.3, 0.4) is 0 Å². The van der Waals surface area contributed by atoms with Crippen LogP contribution in [0.1, 0.15) is 55.8 Å². The molecule has 2 unspecified atom stereocenters. The lowest BCUT2D eigenvalue weighted by Gasteiger charge is -2.34. The largest absolute Gasteiger partial charge is 0.323 e. The molecule has 1 saturated heterocycles. The van der Waals surface area contributed by atoms with Crippen LogP contribution in [0.4, 0.5) is 5.69 Å². The van der Waals surface area contributed by atoms with Gasteiger partial charge in [-0.15, -0.1) is 0 Å². The highest BCUT2D eigenvalue weighted by Gasteiger charge is 2.45. The van der Waals surface area contributed by atoms with E-state index in [9.17, 15) is 14.4 Å². The van der Waals surface area contributed by atoms with Crippen LogP contribution in [0.15, 0.2) is 78.9 Å². The molecule has 1 fully saturated rings. The summed E-state index contributed by atoms with van der Waals surface area (Å²) in [7, 11) is 0. The fourth-order valence-corrected chi connectivity index (χ4v) is 4.66. The van der Waals surface area contributed by atoms with Crippen LogP contribution in [0.25, 0.3) is 0 Å². The van der Waals surface area contributed by atoms with Crippen LogP contribution in [-0.2, 0) is 20.8 Å². The van der Waals surface area contributed by atoms with Gasteiger partial charge in [-0.1, -0.05) is 80.0 Å². The maximum Gasteiger partial charge on any atom is 0.257 e. The highest BCUT2D eigenvalue weighted by Crippen LogP contribution is 2.32. The van der Waals surface area contributed by atoms with E-state index < -0.39 is 6.04 Å². The molecule has 0 aliphatic carbocycles. The van der Waals surface area contributed by atoms with Gasteiger partial charge in [-0.25, -0.2) is 4.90 Å². The van der Waals surface area contributed by atoms with Gasteiger partial charge in [0.1, 0.15) is 6.04 Å². The normalized spacial score (nSPS) is 16.6. The fourth-order valence-electron chi connectivity index (χ4n) is 4.53. The lowest BCUT2D eigenvalue weighted by atomic mass is 10.0. The Morgan fingerprint density at radius 3 is 2.14 bits per heavy atom. The highest BCUT2D eigenvalue weighted by atomic mass is 35.5. The van der Waals surface area contributed by atoms with Crippen molar-refractivity contribution in [1.82, 2.24) is 4.90 Å². The Labute approximate surface area is 211 Å². The molecule has 0 saturated carbocycles. The molecular weight excluding hydrogens is 460 g/mol. The molecule has 5 nitrogen and oxygen atoms in total. The van der Waals surface area contributed by atoms with Gasteiger partial charge < -0.3 is 4.90 Å². The molecule has 3 aromatic rings. The van der Waals surface area contributed by atoms with E-state index in [-0.39, 0.29) is 36.6 Å². The van der Waals surface area contributed by atoms with Crippen LogP contribution < -0.4 is 4.90 Å². The number of hydrogen-bond acceptors (Lipinski definition) is 3.